The van der Waals surface area contributed by atoms with Crippen LogP contribution < -0.4 is 16.0 Å². The molecule has 30 heavy (non-hydrogen) atoms. The van der Waals surface area contributed by atoms with Crippen LogP contribution in [0.4, 0.5) is 20.7 Å². The number of carbonyl (C=O) groups is 1. The number of halogens is 1. The predicted molar refractivity (Wildman–Crippen MR) is 116 cm³/mol. The molecule has 1 spiro atoms. The van der Waals surface area contributed by atoms with Crippen molar-refractivity contribution in [2.24, 2.45) is 4.99 Å². The minimum absolute atomic E-state index is 0.176. The van der Waals surface area contributed by atoms with Crippen molar-refractivity contribution in [2.45, 2.75) is 44.8 Å². The smallest absolute Gasteiger partial charge is 0.317 e. The second kappa shape index (κ2) is 7.59. The lowest BCUT2D eigenvalue weighted by molar-refractivity contribution is 0.207. The summed E-state index contributed by atoms with van der Waals surface area (Å²) in [4.78, 5) is 23.9. The van der Waals surface area contributed by atoms with E-state index in [1.54, 1.807) is 23.2 Å². The number of fused-ring (bicyclic) bond motifs is 1. The summed E-state index contributed by atoms with van der Waals surface area (Å²) in [6, 6.07) is 9.92. The standard InChI is InChI=1S/C22H27FN6O/c1-21(2,3)28-19-22(27-17-8-5-10-24-18(17)26-19)9-11-29(14-22)20(30)25-13-15-6-4-7-16(23)12-15/h4-8,10,12,27H,9,11,13-14H2,1-3H3,(H,25,30)(H,24,26,28). The molecule has 0 bridgehead atoms. The van der Waals surface area contributed by atoms with Crippen LogP contribution in [-0.4, -0.2) is 45.9 Å². The second-order valence-corrected chi connectivity index (χ2v) is 8.82. The molecule has 4 rings (SSSR count). The summed E-state index contributed by atoms with van der Waals surface area (Å²) < 4.78 is 13.4. The van der Waals surface area contributed by atoms with E-state index in [0.717, 1.165) is 29.3 Å². The maximum absolute atomic E-state index is 13.4. The third-order valence-corrected chi connectivity index (χ3v) is 5.21. The van der Waals surface area contributed by atoms with Crippen LogP contribution >= 0.6 is 0 Å². The quantitative estimate of drug-likeness (QED) is 0.707. The highest BCUT2D eigenvalue weighted by molar-refractivity contribution is 6.09. The molecule has 3 heterocycles. The number of rotatable bonds is 2. The number of nitrogens with zero attached hydrogens (tertiary/aromatic N) is 3. The fourth-order valence-electron chi connectivity index (χ4n) is 3.84. The average Bonchev–Trinajstić information content (AvgIpc) is 3.11. The number of anilines is 2. The zero-order valence-corrected chi connectivity index (χ0v) is 17.5. The summed E-state index contributed by atoms with van der Waals surface area (Å²) in [5, 5.41) is 9.86. The summed E-state index contributed by atoms with van der Waals surface area (Å²) in [5.74, 6) is 1.22. The predicted octanol–water partition coefficient (Wildman–Crippen LogP) is 3.61. The Morgan fingerprint density at radius 2 is 2.17 bits per heavy atom. The molecule has 2 aliphatic rings. The third kappa shape index (κ3) is 4.22. The Kier molecular flexibility index (Phi) is 5.09. The molecule has 0 radical (unpaired) electrons. The summed E-state index contributed by atoms with van der Waals surface area (Å²) in [7, 11) is 0. The summed E-state index contributed by atoms with van der Waals surface area (Å²) >= 11 is 0. The van der Waals surface area contributed by atoms with Gasteiger partial charge >= 0.3 is 6.03 Å². The number of hydrogen-bond acceptors (Lipinski definition) is 4. The Balaban J connectivity index is 1.52. The van der Waals surface area contributed by atoms with Crippen LogP contribution in [0.25, 0.3) is 0 Å². The molecule has 2 amide bonds. The first-order valence-corrected chi connectivity index (χ1v) is 10.1. The molecule has 0 saturated carbocycles. The van der Waals surface area contributed by atoms with Crippen molar-refractivity contribution < 1.29 is 9.18 Å². The molecule has 1 aromatic carbocycles. The zero-order chi connectivity index (χ0) is 21.4. The molecular weight excluding hydrogens is 383 g/mol. The molecule has 0 aliphatic carbocycles. The summed E-state index contributed by atoms with van der Waals surface area (Å²) in [6.45, 7) is 7.47. The van der Waals surface area contributed by atoms with E-state index in [2.05, 4.69) is 20.9 Å². The number of hydrogen-bond donors (Lipinski definition) is 3. The Bertz CT molecular complexity index is 986. The number of pyridine rings is 1. The molecule has 2 aliphatic heterocycles. The highest BCUT2D eigenvalue weighted by Gasteiger charge is 2.47. The van der Waals surface area contributed by atoms with Crippen LogP contribution in [0.1, 0.15) is 32.8 Å². The lowest BCUT2D eigenvalue weighted by atomic mass is 9.93. The van der Waals surface area contributed by atoms with Crippen molar-refractivity contribution in [3.63, 3.8) is 0 Å². The molecule has 1 aromatic heterocycles. The topological polar surface area (TPSA) is 81.7 Å². The van der Waals surface area contributed by atoms with Crippen molar-refractivity contribution in [1.82, 2.24) is 15.2 Å². The number of aliphatic imine (C=N–C) groups is 1. The molecule has 7 nitrogen and oxygen atoms in total. The van der Waals surface area contributed by atoms with E-state index in [1.807, 2.05) is 32.9 Å². The van der Waals surface area contributed by atoms with Crippen LogP contribution in [0.2, 0.25) is 0 Å². The molecule has 1 unspecified atom stereocenters. The van der Waals surface area contributed by atoms with Gasteiger partial charge in [-0.25, -0.2) is 14.2 Å². The Hall–Kier alpha value is -3.16. The van der Waals surface area contributed by atoms with Gasteiger partial charge in [-0.15, -0.1) is 0 Å². The Morgan fingerprint density at radius 3 is 2.93 bits per heavy atom. The van der Waals surface area contributed by atoms with Crippen molar-refractivity contribution >= 4 is 23.4 Å². The van der Waals surface area contributed by atoms with Crippen molar-refractivity contribution in [1.29, 1.82) is 0 Å². The molecule has 3 N–H and O–H groups in total. The van der Waals surface area contributed by atoms with Gasteiger partial charge in [0.15, 0.2) is 5.82 Å². The number of benzene rings is 1. The van der Waals surface area contributed by atoms with E-state index in [1.165, 1.54) is 12.1 Å². The lowest BCUT2D eigenvalue weighted by Crippen LogP contribution is -2.56. The molecule has 2 aromatic rings. The SMILES string of the molecule is CC(C)(C)N=C1Nc2ncccc2NC12CCN(C(=O)NCc1cccc(F)c1)C2. The maximum Gasteiger partial charge on any atom is 0.317 e. The van der Waals surface area contributed by atoms with E-state index in [9.17, 15) is 9.18 Å². The average molecular weight is 410 g/mol. The third-order valence-electron chi connectivity index (χ3n) is 5.21. The van der Waals surface area contributed by atoms with Crippen LogP contribution in [0, 0.1) is 5.82 Å². The molecule has 1 saturated heterocycles. The number of carbonyl (C=O) groups excluding carboxylic acids is 1. The number of amidine groups is 1. The van der Waals surface area contributed by atoms with Gasteiger partial charge in [0, 0.05) is 19.3 Å². The molecule has 1 fully saturated rings. The number of amides is 2. The maximum atomic E-state index is 13.4. The first-order valence-electron chi connectivity index (χ1n) is 10.1. The molecule has 8 heteroatoms. The van der Waals surface area contributed by atoms with Crippen LogP contribution in [0.5, 0.6) is 0 Å². The van der Waals surface area contributed by atoms with E-state index in [0.29, 0.717) is 13.1 Å². The highest BCUT2D eigenvalue weighted by Crippen LogP contribution is 2.36. The van der Waals surface area contributed by atoms with Crippen LogP contribution in [0.15, 0.2) is 47.6 Å². The molecule has 1 atom stereocenters. The minimum atomic E-state index is -0.500. The number of nitrogens with one attached hydrogen (secondary N) is 3. The summed E-state index contributed by atoms with van der Waals surface area (Å²) in [6.07, 6.45) is 2.46. The first kappa shape index (κ1) is 20.1. The Labute approximate surface area is 175 Å². The zero-order valence-electron chi connectivity index (χ0n) is 17.5. The van der Waals surface area contributed by atoms with E-state index < -0.39 is 5.54 Å². The number of aromatic nitrogens is 1. The van der Waals surface area contributed by atoms with E-state index in [4.69, 9.17) is 4.99 Å². The van der Waals surface area contributed by atoms with E-state index in [-0.39, 0.29) is 23.9 Å². The van der Waals surface area contributed by atoms with Crippen molar-refractivity contribution in [3.8, 4) is 0 Å². The summed E-state index contributed by atoms with van der Waals surface area (Å²) in [5.41, 5.74) is 0.840. The fraction of sp³-hybridized carbons (Fsp3) is 0.409. The lowest BCUT2D eigenvalue weighted by Gasteiger charge is -2.39. The minimum Gasteiger partial charge on any atom is -0.368 e. The number of urea groups is 1. The first-order chi connectivity index (χ1) is 14.2. The van der Waals surface area contributed by atoms with Gasteiger partial charge in [-0.3, -0.25) is 4.99 Å². The van der Waals surface area contributed by atoms with Crippen LogP contribution in [-0.2, 0) is 6.54 Å². The largest absolute Gasteiger partial charge is 0.368 e. The van der Waals surface area contributed by atoms with Gasteiger partial charge in [0.1, 0.15) is 17.2 Å². The van der Waals surface area contributed by atoms with Crippen LogP contribution in [0.3, 0.4) is 0 Å². The van der Waals surface area contributed by atoms with Gasteiger partial charge in [0.05, 0.1) is 17.8 Å². The van der Waals surface area contributed by atoms with Gasteiger partial charge in [0.2, 0.25) is 0 Å². The highest BCUT2D eigenvalue weighted by atomic mass is 19.1. The molecular formula is C22H27FN6O. The normalized spacial score (nSPS) is 21.9. The van der Waals surface area contributed by atoms with Gasteiger partial charge in [-0.05, 0) is 57.0 Å². The van der Waals surface area contributed by atoms with Crippen molar-refractivity contribution in [3.05, 3.63) is 54.0 Å². The fourth-order valence-corrected chi connectivity index (χ4v) is 3.84. The van der Waals surface area contributed by atoms with Gasteiger partial charge < -0.3 is 20.9 Å². The van der Waals surface area contributed by atoms with Gasteiger partial charge in [0.25, 0.3) is 0 Å². The van der Waals surface area contributed by atoms with Crippen molar-refractivity contribution in [2.75, 3.05) is 23.7 Å². The second-order valence-electron chi connectivity index (χ2n) is 8.82. The number of likely N-dealkylation sites (tertiary alicyclic amines) is 1. The Morgan fingerprint density at radius 1 is 1.33 bits per heavy atom. The van der Waals surface area contributed by atoms with Gasteiger partial charge in [-0.1, -0.05) is 12.1 Å². The van der Waals surface area contributed by atoms with Gasteiger partial charge in [-0.2, -0.15) is 0 Å². The monoisotopic (exact) mass is 410 g/mol. The molecule has 158 valence electrons. The van der Waals surface area contributed by atoms with E-state index >= 15 is 0 Å².